The second kappa shape index (κ2) is 8.26. The minimum atomic E-state index is -0.688. The predicted molar refractivity (Wildman–Crippen MR) is 112 cm³/mol. The third-order valence-corrected chi connectivity index (χ3v) is 4.95. The van der Waals surface area contributed by atoms with Gasteiger partial charge in [0.05, 0.1) is 12.2 Å². The van der Waals surface area contributed by atoms with Crippen LogP contribution in [0.4, 0.5) is 0 Å². The highest BCUT2D eigenvalue weighted by molar-refractivity contribution is 5.91. The van der Waals surface area contributed by atoms with Gasteiger partial charge in [0, 0.05) is 13.6 Å². The van der Waals surface area contributed by atoms with Crippen LogP contribution in [0.25, 0.3) is 5.69 Å². The Hall–Kier alpha value is -3.48. The molecule has 1 heterocycles. The van der Waals surface area contributed by atoms with E-state index < -0.39 is 17.2 Å². The molecule has 0 N–H and O–H groups in total. The number of carbonyl (C=O) groups is 1. The van der Waals surface area contributed by atoms with Crippen molar-refractivity contribution in [2.24, 2.45) is 0 Å². The van der Waals surface area contributed by atoms with Crippen molar-refractivity contribution in [2.45, 2.75) is 27.3 Å². The van der Waals surface area contributed by atoms with Crippen LogP contribution in [0.3, 0.4) is 0 Å². The number of aryl methyl sites for hydroxylation is 2. The fraction of sp³-hybridized carbons (Fsp3) is 0.273. The van der Waals surface area contributed by atoms with Gasteiger partial charge in [0.25, 0.3) is 11.5 Å². The summed E-state index contributed by atoms with van der Waals surface area (Å²) in [6.07, 6.45) is 0. The molecule has 29 heavy (non-hydrogen) atoms. The van der Waals surface area contributed by atoms with Crippen LogP contribution in [-0.4, -0.2) is 38.7 Å². The van der Waals surface area contributed by atoms with Crippen molar-refractivity contribution in [3.05, 3.63) is 91.8 Å². The summed E-state index contributed by atoms with van der Waals surface area (Å²) in [4.78, 5) is 40.3. The third-order valence-electron chi connectivity index (χ3n) is 4.95. The van der Waals surface area contributed by atoms with Gasteiger partial charge in [-0.15, -0.1) is 0 Å². The Bertz CT molecular complexity index is 1160. The first kappa shape index (κ1) is 20.3. The van der Waals surface area contributed by atoms with Gasteiger partial charge < -0.3 is 4.90 Å². The number of carbonyl (C=O) groups excluding carboxylic acids is 1. The van der Waals surface area contributed by atoms with Crippen molar-refractivity contribution in [3.8, 4) is 5.69 Å². The molecule has 1 aromatic heterocycles. The first-order valence-electron chi connectivity index (χ1n) is 9.44. The molecule has 0 unspecified atom stereocenters. The molecule has 3 aromatic rings. The molecular weight excluding hydrogens is 368 g/mol. The third kappa shape index (κ3) is 4.03. The van der Waals surface area contributed by atoms with E-state index in [1.807, 2.05) is 50.2 Å². The van der Waals surface area contributed by atoms with Crippen molar-refractivity contribution in [1.29, 1.82) is 0 Å². The molecule has 0 atom stereocenters. The van der Waals surface area contributed by atoms with Gasteiger partial charge in [-0.2, -0.15) is 9.78 Å². The molecule has 0 spiro atoms. The van der Waals surface area contributed by atoms with E-state index in [0.29, 0.717) is 12.2 Å². The molecule has 0 saturated heterocycles. The number of rotatable bonds is 5. The highest BCUT2D eigenvalue weighted by atomic mass is 16.2. The molecule has 7 nitrogen and oxygen atoms in total. The number of hydrogen-bond donors (Lipinski definition) is 0. The van der Waals surface area contributed by atoms with Crippen molar-refractivity contribution in [2.75, 3.05) is 13.6 Å². The van der Waals surface area contributed by atoms with Gasteiger partial charge in [-0.05, 0) is 44.0 Å². The number of amides is 1. The molecule has 0 saturated carbocycles. The highest BCUT2D eigenvalue weighted by Crippen LogP contribution is 2.09. The zero-order chi connectivity index (χ0) is 21.1. The first-order valence-corrected chi connectivity index (χ1v) is 9.44. The van der Waals surface area contributed by atoms with Crippen molar-refractivity contribution in [1.82, 2.24) is 19.2 Å². The van der Waals surface area contributed by atoms with Crippen LogP contribution >= 0.6 is 0 Å². The molecule has 0 aliphatic heterocycles. The summed E-state index contributed by atoms with van der Waals surface area (Å²) in [6.45, 7) is 6.14. The molecule has 0 bridgehead atoms. The van der Waals surface area contributed by atoms with Crippen LogP contribution in [0.5, 0.6) is 0 Å². The molecule has 0 radical (unpaired) electrons. The van der Waals surface area contributed by atoms with E-state index in [1.54, 1.807) is 26.1 Å². The van der Waals surface area contributed by atoms with Crippen LogP contribution in [0.2, 0.25) is 0 Å². The standard InChI is InChI=1S/C22H24N4O3/c1-5-24(4)20(27)19-21(28)25(14-17-9-7-6-8-16(17)3)22(29)26(23-19)18-12-10-15(2)11-13-18/h6-13H,5,14H2,1-4H3. The van der Waals surface area contributed by atoms with Gasteiger partial charge >= 0.3 is 5.69 Å². The lowest BCUT2D eigenvalue weighted by Gasteiger charge is -2.16. The highest BCUT2D eigenvalue weighted by Gasteiger charge is 2.22. The normalized spacial score (nSPS) is 10.8. The van der Waals surface area contributed by atoms with E-state index in [9.17, 15) is 14.4 Å². The second-order valence-electron chi connectivity index (χ2n) is 7.02. The topological polar surface area (TPSA) is 77.2 Å². The molecular formula is C22H24N4O3. The maximum absolute atomic E-state index is 13.1. The van der Waals surface area contributed by atoms with Gasteiger partial charge in [0.1, 0.15) is 0 Å². The Balaban J connectivity index is 2.25. The van der Waals surface area contributed by atoms with Gasteiger partial charge in [0.15, 0.2) is 0 Å². The lowest BCUT2D eigenvalue weighted by Crippen LogP contribution is -2.46. The van der Waals surface area contributed by atoms with Gasteiger partial charge in [0.2, 0.25) is 5.69 Å². The Kier molecular flexibility index (Phi) is 5.77. The van der Waals surface area contributed by atoms with Crippen LogP contribution in [0, 0.1) is 13.8 Å². The summed E-state index contributed by atoms with van der Waals surface area (Å²) >= 11 is 0. The van der Waals surface area contributed by atoms with E-state index in [0.717, 1.165) is 25.9 Å². The maximum Gasteiger partial charge on any atom is 0.352 e. The van der Waals surface area contributed by atoms with E-state index in [4.69, 9.17) is 0 Å². The molecule has 150 valence electrons. The Labute approximate surface area is 168 Å². The lowest BCUT2D eigenvalue weighted by molar-refractivity contribution is 0.0791. The van der Waals surface area contributed by atoms with Gasteiger partial charge in [-0.25, -0.2) is 4.79 Å². The zero-order valence-corrected chi connectivity index (χ0v) is 17.0. The van der Waals surface area contributed by atoms with Crippen molar-refractivity contribution in [3.63, 3.8) is 0 Å². The molecule has 0 aliphatic carbocycles. The average Bonchev–Trinajstić information content (AvgIpc) is 2.72. The van der Waals surface area contributed by atoms with Crippen LogP contribution in [0.1, 0.15) is 34.1 Å². The molecule has 3 rings (SSSR count). The van der Waals surface area contributed by atoms with E-state index in [1.165, 1.54) is 4.90 Å². The Morgan fingerprint density at radius 1 is 1.03 bits per heavy atom. The van der Waals surface area contributed by atoms with Crippen molar-refractivity contribution < 1.29 is 4.79 Å². The largest absolute Gasteiger partial charge is 0.352 e. The summed E-state index contributed by atoms with van der Waals surface area (Å²) in [6, 6.07) is 14.7. The molecule has 1 amide bonds. The average molecular weight is 392 g/mol. The summed E-state index contributed by atoms with van der Waals surface area (Å²) in [5.74, 6) is -0.517. The maximum atomic E-state index is 13.1. The quantitative estimate of drug-likeness (QED) is 0.667. The van der Waals surface area contributed by atoms with Crippen LogP contribution < -0.4 is 11.2 Å². The summed E-state index contributed by atoms with van der Waals surface area (Å²) < 4.78 is 2.20. The first-order chi connectivity index (χ1) is 13.8. The van der Waals surface area contributed by atoms with E-state index in [2.05, 4.69) is 5.10 Å². The molecule has 2 aromatic carbocycles. The Morgan fingerprint density at radius 2 is 1.69 bits per heavy atom. The van der Waals surface area contributed by atoms with Crippen LogP contribution in [0.15, 0.2) is 58.1 Å². The number of hydrogen-bond acceptors (Lipinski definition) is 4. The predicted octanol–water partition coefficient (Wildman–Crippen LogP) is 2.15. The van der Waals surface area contributed by atoms with Gasteiger partial charge in [-0.3, -0.25) is 14.2 Å². The molecule has 7 heteroatoms. The molecule has 0 aliphatic rings. The lowest BCUT2D eigenvalue weighted by atomic mass is 10.1. The van der Waals surface area contributed by atoms with E-state index >= 15 is 0 Å². The number of aromatic nitrogens is 3. The summed E-state index contributed by atoms with van der Waals surface area (Å²) in [7, 11) is 1.59. The monoisotopic (exact) mass is 392 g/mol. The fourth-order valence-electron chi connectivity index (χ4n) is 2.92. The summed E-state index contributed by atoms with van der Waals surface area (Å²) in [5, 5.41) is 4.15. The number of benzene rings is 2. The smallest absolute Gasteiger partial charge is 0.340 e. The van der Waals surface area contributed by atoms with Gasteiger partial charge in [-0.1, -0.05) is 42.0 Å². The minimum absolute atomic E-state index is 0.0643. The Morgan fingerprint density at radius 3 is 2.31 bits per heavy atom. The SMILES string of the molecule is CCN(C)C(=O)c1nn(-c2ccc(C)cc2)c(=O)n(Cc2ccccc2C)c1=O. The molecule has 0 fully saturated rings. The summed E-state index contributed by atoms with van der Waals surface area (Å²) in [5.41, 5.74) is 1.75. The fourth-order valence-corrected chi connectivity index (χ4v) is 2.92. The minimum Gasteiger partial charge on any atom is -0.340 e. The van der Waals surface area contributed by atoms with E-state index in [-0.39, 0.29) is 12.2 Å². The number of nitrogens with zero attached hydrogens (tertiary/aromatic N) is 4. The van der Waals surface area contributed by atoms with Crippen molar-refractivity contribution >= 4 is 5.91 Å². The second-order valence-corrected chi connectivity index (χ2v) is 7.02. The zero-order valence-electron chi connectivity index (χ0n) is 17.0. The van der Waals surface area contributed by atoms with Crippen LogP contribution in [-0.2, 0) is 6.54 Å².